The maximum atomic E-state index is 12.9. The van der Waals surface area contributed by atoms with Crippen molar-refractivity contribution in [1.82, 2.24) is 5.32 Å². The molecule has 166 valence electrons. The van der Waals surface area contributed by atoms with Crippen molar-refractivity contribution in [3.05, 3.63) is 71.8 Å². The first-order valence-corrected chi connectivity index (χ1v) is 11.2. The van der Waals surface area contributed by atoms with Crippen molar-refractivity contribution in [2.45, 2.75) is 39.2 Å². The van der Waals surface area contributed by atoms with Crippen LogP contribution in [-0.2, 0) is 4.79 Å². The number of rotatable bonds is 9. The van der Waals surface area contributed by atoms with E-state index in [1.165, 1.54) is 0 Å². The molecule has 0 bridgehead atoms. The van der Waals surface area contributed by atoms with Crippen LogP contribution in [0.5, 0.6) is 5.75 Å². The molecule has 0 radical (unpaired) electrons. The van der Waals surface area contributed by atoms with Crippen LogP contribution in [0, 0.1) is 5.92 Å². The van der Waals surface area contributed by atoms with Gasteiger partial charge in [0.15, 0.2) is 0 Å². The smallest absolute Gasteiger partial charge is 0.258 e. The molecule has 1 atom stereocenters. The van der Waals surface area contributed by atoms with Crippen LogP contribution in [0.4, 0.5) is 5.69 Å². The lowest BCUT2D eigenvalue weighted by molar-refractivity contribution is -0.122. The number of carbonyl (C=O) groups is 2. The number of amides is 2. The van der Waals surface area contributed by atoms with Crippen LogP contribution in [0.3, 0.4) is 0 Å². The lowest BCUT2D eigenvalue weighted by Gasteiger charge is -2.22. The van der Waals surface area contributed by atoms with Gasteiger partial charge in [-0.3, -0.25) is 9.59 Å². The molecule has 1 unspecified atom stereocenters. The van der Waals surface area contributed by atoms with Crippen molar-refractivity contribution in [2.75, 3.05) is 18.6 Å². The average molecular weight is 431 g/mol. The van der Waals surface area contributed by atoms with E-state index in [-0.39, 0.29) is 17.9 Å². The minimum atomic E-state index is -0.0418. The van der Waals surface area contributed by atoms with Crippen molar-refractivity contribution in [3.8, 4) is 5.75 Å². The number of nitrogens with zero attached hydrogens (tertiary/aromatic N) is 1. The number of ether oxygens (including phenoxy) is 1. The third-order valence-corrected chi connectivity index (χ3v) is 6.00. The molecule has 0 fully saturated rings. The van der Waals surface area contributed by atoms with E-state index < -0.39 is 0 Å². The maximum Gasteiger partial charge on any atom is 0.258 e. The summed E-state index contributed by atoms with van der Waals surface area (Å²) in [6.07, 6.45) is 1.85. The maximum absolute atomic E-state index is 12.9. The van der Waals surface area contributed by atoms with Gasteiger partial charge in [-0.1, -0.05) is 50.2 Å². The van der Waals surface area contributed by atoms with Gasteiger partial charge in [-0.05, 0) is 54.0 Å². The Balaban J connectivity index is 1.38. The highest BCUT2D eigenvalue weighted by Crippen LogP contribution is 2.37. The molecule has 2 amide bonds. The lowest BCUT2D eigenvalue weighted by Crippen LogP contribution is -2.32. The van der Waals surface area contributed by atoms with E-state index in [0.29, 0.717) is 25.3 Å². The van der Waals surface area contributed by atoms with Gasteiger partial charge < -0.3 is 15.0 Å². The van der Waals surface area contributed by atoms with Crippen LogP contribution in [-0.4, -0.2) is 25.5 Å². The lowest BCUT2D eigenvalue weighted by atomic mass is 9.96. The molecule has 5 nitrogen and oxygen atoms in total. The van der Waals surface area contributed by atoms with Gasteiger partial charge >= 0.3 is 0 Å². The predicted octanol–water partition coefficient (Wildman–Crippen LogP) is 5.49. The Morgan fingerprint density at radius 3 is 2.44 bits per heavy atom. The summed E-state index contributed by atoms with van der Waals surface area (Å²) in [6.45, 7) is 4.83. The third-order valence-electron chi connectivity index (χ3n) is 6.00. The molecular formula is C27H30N2O3. The monoisotopic (exact) mass is 430 g/mol. The summed E-state index contributed by atoms with van der Waals surface area (Å²) >= 11 is 0. The first kappa shape index (κ1) is 21.9. The summed E-state index contributed by atoms with van der Waals surface area (Å²) in [6, 6.07) is 19.6. The molecule has 0 spiro atoms. The molecule has 3 aromatic rings. The van der Waals surface area contributed by atoms with Crippen LogP contribution in [0.15, 0.2) is 60.7 Å². The van der Waals surface area contributed by atoms with Gasteiger partial charge in [0.05, 0.1) is 18.8 Å². The van der Waals surface area contributed by atoms with Crippen molar-refractivity contribution < 1.29 is 14.3 Å². The van der Waals surface area contributed by atoms with Gasteiger partial charge in [0.1, 0.15) is 5.75 Å². The van der Waals surface area contributed by atoms with Gasteiger partial charge in [-0.15, -0.1) is 0 Å². The Morgan fingerprint density at radius 2 is 1.75 bits per heavy atom. The third kappa shape index (κ3) is 4.47. The highest BCUT2D eigenvalue weighted by Gasteiger charge is 2.29. The highest BCUT2D eigenvalue weighted by atomic mass is 16.5. The Kier molecular flexibility index (Phi) is 6.45. The number of nitrogens with one attached hydrogen (secondary N) is 1. The first-order valence-electron chi connectivity index (χ1n) is 11.2. The zero-order valence-corrected chi connectivity index (χ0v) is 18.9. The van der Waals surface area contributed by atoms with E-state index in [9.17, 15) is 9.59 Å². The number of hydrogen-bond donors (Lipinski definition) is 1. The summed E-state index contributed by atoms with van der Waals surface area (Å²) in [4.78, 5) is 27.5. The minimum absolute atomic E-state index is 0.00818. The predicted molar refractivity (Wildman–Crippen MR) is 128 cm³/mol. The fourth-order valence-electron chi connectivity index (χ4n) is 4.45. The summed E-state index contributed by atoms with van der Waals surface area (Å²) in [5.74, 6) is 1.28. The molecule has 1 heterocycles. The normalized spacial score (nSPS) is 13.6. The molecule has 0 saturated heterocycles. The number of benzene rings is 3. The van der Waals surface area contributed by atoms with E-state index in [0.717, 1.165) is 39.8 Å². The van der Waals surface area contributed by atoms with Crippen LogP contribution < -0.4 is 15.0 Å². The fraction of sp³-hybridized carbons (Fsp3) is 0.333. The van der Waals surface area contributed by atoms with Crippen LogP contribution >= 0.6 is 0 Å². The van der Waals surface area contributed by atoms with E-state index in [1.54, 1.807) is 12.0 Å². The average Bonchev–Trinajstić information content (AvgIpc) is 3.06. The second kappa shape index (κ2) is 9.43. The molecule has 32 heavy (non-hydrogen) atoms. The highest BCUT2D eigenvalue weighted by molar-refractivity contribution is 6.25. The van der Waals surface area contributed by atoms with Gasteiger partial charge in [0.2, 0.25) is 5.91 Å². The number of methoxy groups -OCH3 is 1. The quantitative estimate of drug-likeness (QED) is 0.488. The first-order chi connectivity index (χ1) is 15.5. The molecule has 0 aliphatic carbocycles. The standard InChI is InChI=1S/C27H30N2O3/c1-18(2)17-23(19-12-14-21(32-3)15-13-19)28-25(30)11-6-16-29-24-10-5-8-20-7-4-9-22(26(20)24)27(29)31/h4-5,7-10,12-15,18,23H,6,11,16-17H2,1-3H3,(H,28,30). The molecule has 4 rings (SSSR count). The van der Waals surface area contributed by atoms with Crippen molar-refractivity contribution >= 4 is 28.3 Å². The molecular weight excluding hydrogens is 400 g/mol. The molecule has 1 aliphatic heterocycles. The topological polar surface area (TPSA) is 58.6 Å². The fourth-order valence-corrected chi connectivity index (χ4v) is 4.45. The van der Waals surface area contributed by atoms with Crippen molar-refractivity contribution in [1.29, 1.82) is 0 Å². The van der Waals surface area contributed by atoms with E-state index in [2.05, 4.69) is 19.2 Å². The molecule has 0 aromatic heterocycles. The Bertz CT molecular complexity index is 1120. The summed E-state index contributed by atoms with van der Waals surface area (Å²) in [5, 5.41) is 5.28. The molecule has 5 heteroatoms. The molecule has 1 N–H and O–H groups in total. The SMILES string of the molecule is COc1ccc(C(CC(C)C)NC(=O)CCCN2C(=O)c3cccc4cccc2c34)cc1. The van der Waals surface area contributed by atoms with E-state index in [1.807, 2.05) is 60.7 Å². The summed E-state index contributed by atoms with van der Waals surface area (Å²) in [7, 11) is 1.65. The van der Waals surface area contributed by atoms with Gasteiger partial charge in [-0.2, -0.15) is 0 Å². The van der Waals surface area contributed by atoms with Gasteiger partial charge in [-0.25, -0.2) is 0 Å². The number of anilines is 1. The summed E-state index contributed by atoms with van der Waals surface area (Å²) in [5.41, 5.74) is 2.77. The zero-order chi connectivity index (χ0) is 22.7. The minimum Gasteiger partial charge on any atom is -0.497 e. The van der Waals surface area contributed by atoms with Crippen molar-refractivity contribution in [2.24, 2.45) is 5.92 Å². The molecule has 3 aromatic carbocycles. The van der Waals surface area contributed by atoms with Gasteiger partial charge in [0, 0.05) is 23.9 Å². The van der Waals surface area contributed by atoms with Crippen LogP contribution in [0.1, 0.15) is 55.1 Å². The second-order valence-corrected chi connectivity index (χ2v) is 8.76. The van der Waals surface area contributed by atoms with E-state index >= 15 is 0 Å². The summed E-state index contributed by atoms with van der Waals surface area (Å²) < 4.78 is 5.25. The molecule has 0 saturated carbocycles. The largest absolute Gasteiger partial charge is 0.497 e. The van der Waals surface area contributed by atoms with Gasteiger partial charge in [0.25, 0.3) is 5.91 Å². The Hall–Kier alpha value is -3.34. The number of carbonyl (C=O) groups excluding carboxylic acids is 2. The Morgan fingerprint density at radius 1 is 1.03 bits per heavy atom. The second-order valence-electron chi connectivity index (χ2n) is 8.76. The zero-order valence-electron chi connectivity index (χ0n) is 18.9. The van der Waals surface area contributed by atoms with Crippen LogP contribution in [0.2, 0.25) is 0 Å². The van der Waals surface area contributed by atoms with E-state index in [4.69, 9.17) is 4.74 Å². The van der Waals surface area contributed by atoms with Crippen molar-refractivity contribution in [3.63, 3.8) is 0 Å². The molecule has 1 aliphatic rings. The Labute approximate surface area is 189 Å². The number of hydrogen-bond acceptors (Lipinski definition) is 3. The van der Waals surface area contributed by atoms with Crippen LogP contribution in [0.25, 0.3) is 10.8 Å².